The van der Waals surface area contributed by atoms with Crippen molar-refractivity contribution in [3.8, 4) is 0 Å². The van der Waals surface area contributed by atoms with Gasteiger partial charge in [-0.2, -0.15) is 0 Å². The van der Waals surface area contributed by atoms with E-state index in [9.17, 15) is 28.8 Å². The lowest BCUT2D eigenvalue weighted by atomic mass is 9.83. The Kier molecular flexibility index (Phi) is 19.5. The predicted octanol–water partition coefficient (Wildman–Crippen LogP) is 4.40. The molecule has 9 rings (SSSR count). The summed E-state index contributed by atoms with van der Waals surface area (Å²) in [5, 5.41) is 24.6. The van der Waals surface area contributed by atoms with Gasteiger partial charge < -0.3 is 58.1 Å². The van der Waals surface area contributed by atoms with Gasteiger partial charge in [0.1, 0.15) is 24.2 Å². The molecule has 81 heavy (non-hydrogen) atoms. The van der Waals surface area contributed by atoms with Crippen molar-refractivity contribution in [2.24, 2.45) is 11.8 Å². The van der Waals surface area contributed by atoms with Gasteiger partial charge in [0, 0.05) is 42.0 Å². The summed E-state index contributed by atoms with van der Waals surface area (Å²) in [7, 11) is 3.36. The van der Waals surface area contributed by atoms with Crippen molar-refractivity contribution in [1.29, 1.82) is 0 Å². The molecule has 436 valence electrons. The van der Waals surface area contributed by atoms with Crippen molar-refractivity contribution in [3.05, 3.63) is 100 Å². The van der Waals surface area contributed by atoms with E-state index in [0.29, 0.717) is 0 Å². The molecule has 10 atom stereocenters. The highest BCUT2D eigenvalue weighted by molar-refractivity contribution is 6.02. The molecule has 2 saturated heterocycles. The quantitative estimate of drug-likeness (QED) is 0.0807. The molecule has 10 N–H and O–H groups in total. The van der Waals surface area contributed by atoms with Gasteiger partial charge in [0.15, 0.2) is 0 Å². The van der Waals surface area contributed by atoms with Gasteiger partial charge in [0.05, 0.1) is 24.2 Å². The first kappa shape index (κ1) is 58.8. The van der Waals surface area contributed by atoms with Crippen LogP contribution in [0.5, 0.6) is 0 Å². The number of nitrogen functional groups attached to an aromatic ring is 1. The number of hydrogen-bond acceptors (Lipinski definition) is 11. The average Bonchev–Trinajstić information content (AvgIpc) is 4.20. The van der Waals surface area contributed by atoms with Crippen LogP contribution in [0.25, 0.3) is 0 Å². The van der Waals surface area contributed by atoms with Gasteiger partial charge >= 0.3 is 0 Å². The lowest BCUT2D eigenvalue weighted by Gasteiger charge is -2.35. The summed E-state index contributed by atoms with van der Waals surface area (Å²) in [5.41, 5.74) is 11.2. The van der Waals surface area contributed by atoms with E-state index < -0.39 is 60.1 Å². The Balaban J connectivity index is 0.934. The minimum absolute atomic E-state index is 0.00104. The number of carbonyl (C=O) groups excluding carboxylic acids is 8. The van der Waals surface area contributed by atoms with Crippen LogP contribution in [-0.2, 0) is 41.6 Å². The van der Waals surface area contributed by atoms with E-state index in [0.717, 1.165) is 114 Å². The number of fused-ring (bicyclic) bond motifs is 2. The second kappa shape index (κ2) is 26.8. The number of hydrogen-bond donors (Lipinski definition) is 9. The lowest BCUT2D eigenvalue weighted by Crippen LogP contribution is -2.58. The smallest absolute Gasteiger partial charge is 0.251 e. The number of carbonyl (C=O) groups is 8. The predicted molar refractivity (Wildman–Crippen MR) is 308 cm³/mol. The zero-order valence-corrected chi connectivity index (χ0v) is 47.7. The first-order valence-electron chi connectivity index (χ1n) is 30.0. The Bertz CT molecular complexity index is 2620. The number of nitrogens with one attached hydrogen (secondary N) is 8. The molecule has 2 heterocycles. The second-order valence-electron chi connectivity index (χ2n) is 23.8. The summed E-state index contributed by atoms with van der Waals surface area (Å²) in [6.07, 6.45) is 14.0. The van der Waals surface area contributed by atoms with Crippen LogP contribution in [0.4, 0.5) is 5.69 Å². The molecule has 3 aromatic rings. The first-order valence-corrected chi connectivity index (χ1v) is 30.0. The Morgan fingerprint density at radius 1 is 0.506 bits per heavy atom. The van der Waals surface area contributed by atoms with E-state index in [4.69, 9.17) is 5.73 Å². The van der Waals surface area contributed by atoms with E-state index in [1.165, 1.54) is 39.1 Å². The van der Waals surface area contributed by atoms with Crippen LogP contribution in [0.1, 0.15) is 172 Å². The number of likely N-dealkylation sites (N-methyl/N-ethyl adjacent to an activating group) is 2. The van der Waals surface area contributed by atoms with Crippen molar-refractivity contribution in [2.75, 3.05) is 32.9 Å². The Morgan fingerprint density at radius 3 is 1.30 bits per heavy atom. The molecule has 3 aromatic carbocycles. The van der Waals surface area contributed by atoms with Crippen molar-refractivity contribution >= 4 is 52.9 Å². The Hall–Kier alpha value is -6.86. The molecular formula is C62H85N11O8. The van der Waals surface area contributed by atoms with Gasteiger partial charge in [-0.1, -0.05) is 87.1 Å². The van der Waals surface area contributed by atoms with Crippen molar-refractivity contribution in [3.63, 3.8) is 0 Å². The molecule has 19 nitrogen and oxygen atoms in total. The molecule has 0 radical (unpaired) electrons. The highest BCUT2D eigenvalue weighted by Crippen LogP contribution is 2.35. The minimum atomic E-state index is -0.961. The van der Waals surface area contributed by atoms with Crippen molar-refractivity contribution in [1.82, 2.24) is 52.3 Å². The number of rotatable bonds is 18. The maximum absolute atomic E-state index is 15.0. The fraction of sp³-hybridized carbons (Fsp3) is 0.581. The monoisotopic (exact) mass is 1110 g/mol. The molecule has 6 aliphatic rings. The zero-order chi connectivity index (χ0) is 57.3. The molecule has 4 aliphatic carbocycles. The van der Waals surface area contributed by atoms with Gasteiger partial charge in [-0.05, 0) is 157 Å². The fourth-order valence-corrected chi connectivity index (χ4v) is 13.5. The number of aryl methyl sites for hydroxylation is 2. The molecule has 4 fully saturated rings. The molecule has 0 aromatic heterocycles. The Morgan fingerprint density at radius 2 is 0.901 bits per heavy atom. The maximum atomic E-state index is 15.0. The first-order chi connectivity index (χ1) is 39.1. The van der Waals surface area contributed by atoms with Crippen LogP contribution in [0.15, 0.2) is 66.7 Å². The third-order valence-electron chi connectivity index (χ3n) is 18.3. The Labute approximate surface area is 476 Å². The molecular weight excluding hydrogens is 1030 g/mol. The van der Waals surface area contributed by atoms with Gasteiger partial charge in [0.2, 0.25) is 35.4 Å². The summed E-state index contributed by atoms with van der Waals surface area (Å²) in [5.74, 6) is -3.47. The summed E-state index contributed by atoms with van der Waals surface area (Å²) >= 11 is 0. The molecule has 2 aliphatic heterocycles. The third-order valence-corrected chi connectivity index (χ3v) is 18.3. The van der Waals surface area contributed by atoms with Gasteiger partial charge in [-0.3, -0.25) is 38.4 Å². The second-order valence-corrected chi connectivity index (χ2v) is 23.8. The van der Waals surface area contributed by atoms with Crippen molar-refractivity contribution in [2.45, 2.75) is 190 Å². The maximum Gasteiger partial charge on any atom is 0.251 e. The van der Waals surface area contributed by atoms with Crippen LogP contribution in [0.3, 0.4) is 0 Å². The summed E-state index contributed by atoms with van der Waals surface area (Å²) in [6.45, 7) is 3.45. The summed E-state index contributed by atoms with van der Waals surface area (Å²) < 4.78 is 0. The normalized spacial score (nSPS) is 24.5. The summed E-state index contributed by atoms with van der Waals surface area (Å²) in [4.78, 5) is 118. The number of benzene rings is 3. The number of likely N-dealkylation sites (tertiary alicyclic amines) is 2. The average molecular weight is 1110 g/mol. The third kappa shape index (κ3) is 13.9. The molecule has 19 heteroatoms. The highest BCUT2D eigenvalue weighted by atomic mass is 16.2. The van der Waals surface area contributed by atoms with E-state index in [2.05, 4.69) is 54.7 Å². The lowest BCUT2D eigenvalue weighted by molar-refractivity contribution is -0.143. The molecule has 0 spiro atoms. The van der Waals surface area contributed by atoms with Gasteiger partial charge in [-0.25, -0.2) is 0 Å². The number of amides is 8. The molecule has 10 unspecified atom stereocenters. The topological polar surface area (TPSA) is 265 Å². The van der Waals surface area contributed by atoms with Crippen LogP contribution < -0.4 is 48.3 Å². The van der Waals surface area contributed by atoms with Crippen LogP contribution >= 0.6 is 0 Å². The van der Waals surface area contributed by atoms with E-state index >= 15 is 9.59 Å². The van der Waals surface area contributed by atoms with Gasteiger partial charge in [-0.15, -0.1) is 0 Å². The molecule has 2 saturated carbocycles. The number of anilines is 1. The summed E-state index contributed by atoms with van der Waals surface area (Å²) in [6, 6.07) is 13.7. The largest absolute Gasteiger partial charge is 0.399 e. The van der Waals surface area contributed by atoms with Crippen LogP contribution in [0, 0.1) is 11.8 Å². The van der Waals surface area contributed by atoms with E-state index in [1.54, 1.807) is 27.9 Å². The van der Waals surface area contributed by atoms with Crippen molar-refractivity contribution < 1.29 is 38.4 Å². The minimum Gasteiger partial charge on any atom is -0.399 e. The standard InChI is InChI=1S/C62H85N11O8/c1-36(64-3)55(74)70-53(40-19-7-5-8-20-40)61(80)72-34-45(32-51(72)59(78)68-49-27-15-23-38-17-11-13-25-47(38)49)66-57(76)42-29-43(31-44(63)30-42)58(77)67-46-33-52(60(79)69-50-28-16-24-39-18-12-14-26-48(39)50)73(35-46)62(81)54(41-21-9-6-10-22-41)71-56(75)37(2)65-4/h11-14,17-18,25-26,29-31,36-37,40-41,45-46,49-54,64-65H,5-10,15-16,19-24,27-28,32-35,63H2,1-4H3,(H,66,76)(H,67,77)(H,68,78)(H,69,79)(H,70,74)(H,71,75). The molecule has 8 amide bonds. The number of nitrogens with two attached hydrogens (primary N) is 1. The van der Waals surface area contributed by atoms with Gasteiger partial charge in [0.25, 0.3) is 11.8 Å². The fourth-order valence-electron chi connectivity index (χ4n) is 13.5. The zero-order valence-electron chi connectivity index (χ0n) is 47.7. The van der Waals surface area contributed by atoms with Crippen LogP contribution in [0.2, 0.25) is 0 Å². The van der Waals surface area contributed by atoms with E-state index in [-0.39, 0.29) is 102 Å². The van der Waals surface area contributed by atoms with Crippen LogP contribution in [-0.4, -0.2) is 133 Å². The molecule has 0 bridgehead atoms. The highest BCUT2D eigenvalue weighted by Gasteiger charge is 2.47. The number of nitrogens with zero attached hydrogens (tertiary/aromatic N) is 2. The van der Waals surface area contributed by atoms with E-state index in [1.807, 2.05) is 36.4 Å². The SMILES string of the molecule is CNC(C)C(=O)NC(C(=O)N1CC(NC(=O)c2cc(N)cc(C(=O)NC3CC(C(=O)NC4CCCc5ccccc54)N(C(=O)C(NC(=O)C(C)NC)C4CCCCC4)C3)c2)CC1C(=O)NC1CCCc2ccccc21)C1CCCCC1.